The number of nitrogens with zero attached hydrogens (tertiary/aromatic N) is 2. The van der Waals surface area contributed by atoms with E-state index in [9.17, 15) is 0 Å². The lowest BCUT2D eigenvalue weighted by molar-refractivity contribution is 0.264. The van der Waals surface area contributed by atoms with Crippen molar-refractivity contribution in [3.8, 4) is 0 Å². The molecule has 1 unspecified atom stereocenters. The number of hydrogen-bond acceptors (Lipinski definition) is 4. The first-order valence-electron chi connectivity index (χ1n) is 6.50. The van der Waals surface area contributed by atoms with Gasteiger partial charge in [0, 0.05) is 24.0 Å². The minimum absolute atomic E-state index is 0.698. The summed E-state index contributed by atoms with van der Waals surface area (Å²) < 4.78 is 0. The summed E-state index contributed by atoms with van der Waals surface area (Å²) >= 11 is 1.75. The SMILES string of the molecule is Cc1ncsc1CNCC1CCN(C(C)C)C1. The van der Waals surface area contributed by atoms with Crippen LogP contribution in [0.1, 0.15) is 30.8 Å². The van der Waals surface area contributed by atoms with Crippen LogP contribution in [0.3, 0.4) is 0 Å². The molecule has 0 bridgehead atoms. The normalized spacial score (nSPS) is 21.5. The van der Waals surface area contributed by atoms with E-state index in [0.717, 1.165) is 19.0 Å². The quantitative estimate of drug-likeness (QED) is 0.872. The molecule has 0 aromatic carbocycles. The predicted octanol–water partition coefficient (Wildman–Crippen LogP) is 2.27. The third-order valence-electron chi connectivity index (χ3n) is 3.61. The molecule has 2 rings (SSSR count). The standard InChI is InChI=1S/C13H23N3S/c1-10(2)16-5-4-12(8-16)6-14-7-13-11(3)15-9-17-13/h9-10,12,14H,4-8H2,1-3H3. The molecule has 96 valence electrons. The van der Waals surface area contributed by atoms with Crippen molar-refractivity contribution in [2.24, 2.45) is 5.92 Å². The van der Waals surface area contributed by atoms with Crippen molar-refractivity contribution in [3.05, 3.63) is 16.1 Å². The largest absolute Gasteiger partial charge is 0.311 e. The second kappa shape index (κ2) is 5.94. The van der Waals surface area contributed by atoms with Gasteiger partial charge in [-0.25, -0.2) is 4.98 Å². The Hall–Kier alpha value is -0.450. The van der Waals surface area contributed by atoms with Gasteiger partial charge >= 0.3 is 0 Å². The summed E-state index contributed by atoms with van der Waals surface area (Å²) in [6.07, 6.45) is 1.34. The summed E-state index contributed by atoms with van der Waals surface area (Å²) in [5.74, 6) is 0.825. The summed E-state index contributed by atoms with van der Waals surface area (Å²) in [4.78, 5) is 8.22. The van der Waals surface area contributed by atoms with Gasteiger partial charge in [0.1, 0.15) is 0 Å². The summed E-state index contributed by atoms with van der Waals surface area (Å²) in [6, 6.07) is 0.698. The Bertz CT molecular complexity index is 348. The van der Waals surface area contributed by atoms with Crippen LogP contribution >= 0.6 is 11.3 Å². The Balaban J connectivity index is 1.68. The molecular weight excluding hydrogens is 230 g/mol. The molecule has 1 aliphatic rings. The van der Waals surface area contributed by atoms with Crippen LogP contribution in [0, 0.1) is 12.8 Å². The Morgan fingerprint density at radius 1 is 1.59 bits per heavy atom. The molecule has 1 aliphatic heterocycles. The van der Waals surface area contributed by atoms with E-state index in [2.05, 4.69) is 36.0 Å². The van der Waals surface area contributed by atoms with Gasteiger partial charge in [0.25, 0.3) is 0 Å². The first kappa shape index (κ1) is 13.0. The number of hydrogen-bond donors (Lipinski definition) is 1. The van der Waals surface area contributed by atoms with Gasteiger partial charge in [-0.2, -0.15) is 0 Å². The molecule has 2 heterocycles. The van der Waals surface area contributed by atoms with Crippen molar-refractivity contribution in [1.82, 2.24) is 15.2 Å². The van der Waals surface area contributed by atoms with E-state index in [1.807, 2.05) is 5.51 Å². The minimum Gasteiger partial charge on any atom is -0.311 e. The first-order valence-corrected chi connectivity index (χ1v) is 7.38. The van der Waals surface area contributed by atoms with Crippen molar-refractivity contribution in [3.63, 3.8) is 0 Å². The van der Waals surface area contributed by atoms with Gasteiger partial charge in [-0.05, 0) is 46.2 Å². The number of aromatic nitrogens is 1. The van der Waals surface area contributed by atoms with Gasteiger partial charge < -0.3 is 10.2 Å². The van der Waals surface area contributed by atoms with Crippen LogP contribution in [0.25, 0.3) is 0 Å². The average molecular weight is 253 g/mol. The predicted molar refractivity (Wildman–Crippen MR) is 73.4 cm³/mol. The third-order valence-corrected chi connectivity index (χ3v) is 4.55. The fourth-order valence-corrected chi connectivity index (χ4v) is 3.13. The average Bonchev–Trinajstić information content (AvgIpc) is 2.89. The Morgan fingerprint density at radius 3 is 3.00 bits per heavy atom. The number of thiazole rings is 1. The molecule has 1 fully saturated rings. The lowest BCUT2D eigenvalue weighted by Crippen LogP contribution is -2.30. The molecule has 17 heavy (non-hydrogen) atoms. The van der Waals surface area contributed by atoms with Gasteiger partial charge in [0.2, 0.25) is 0 Å². The van der Waals surface area contributed by atoms with E-state index < -0.39 is 0 Å². The lowest BCUT2D eigenvalue weighted by atomic mass is 10.1. The van der Waals surface area contributed by atoms with Gasteiger partial charge in [0.15, 0.2) is 0 Å². The second-order valence-corrected chi connectivity index (χ2v) is 6.17. The maximum atomic E-state index is 4.27. The van der Waals surface area contributed by atoms with E-state index >= 15 is 0 Å². The molecule has 0 aliphatic carbocycles. The van der Waals surface area contributed by atoms with Gasteiger partial charge in [-0.1, -0.05) is 0 Å². The molecule has 0 saturated carbocycles. The molecule has 0 amide bonds. The number of nitrogens with one attached hydrogen (secondary N) is 1. The highest BCUT2D eigenvalue weighted by Gasteiger charge is 2.23. The van der Waals surface area contributed by atoms with Crippen molar-refractivity contribution < 1.29 is 0 Å². The van der Waals surface area contributed by atoms with Crippen molar-refractivity contribution in [1.29, 1.82) is 0 Å². The van der Waals surface area contributed by atoms with Crippen LogP contribution in [0.2, 0.25) is 0 Å². The van der Waals surface area contributed by atoms with Gasteiger partial charge in [-0.3, -0.25) is 0 Å². The highest BCUT2D eigenvalue weighted by molar-refractivity contribution is 7.09. The molecular formula is C13H23N3S. The molecule has 1 aromatic rings. The Morgan fingerprint density at radius 2 is 2.41 bits per heavy atom. The van der Waals surface area contributed by atoms with Crippen LogP contribution in [0.4, 0.5) is 0 Å². The number of rotatable bonds is 5. The van der Waals surface area contributed by atoms with Crippen LogP contribution < -0.4 is 5.32 Å². The van der Waals surface area contributed by atoms with E-state index in [0.29, 0.717) is 6.04 Å². The van der Waals surface area contributed by atoms with Crippen molar-refractivity contribution >= 4 is 11.3 Å². The lowest BCUT2D eigenvalue weighted by Gasteiger charge is -2.20. The maximum Gasteiger partial charge on any atom is 0.0798 e. The minimum atomic E-state index is 0.698. The van der Waals surface area contributed by atoms with Gasteiger partial charge in [0.05, 0.1) is 11.2 Å². The van der Waals surface area contributed by atoms with Crippen molar-refractivity contribution in [2.45, 2.75) is 39.8 Å². The van der Waals surface area contributed by atoms with Crippen molar-refractivity contribution in [2.75, 3.05) is 19.6 Å². The monoisotopic (exact) mass is 253 g/mol. The fourth-order valence-electron chi connectivity index (χ4n) is 2.38. The maximum absolute atomic E-state index is 4.27. The van der Waals surface area contributed by atoms with Crippen LogP contribution in [0.15, 0.2) is 5.51 Å². The molecule has 3 nitrogen and oxygen atoms in total. The summed E-state index contributed by atoms with van der Waals surface area (Å²) in [5.41, 5.74) is 3.11. The molecule has 0 spiro atoms. The zero-order valence-electron chi connectivity index (χ0n) is 11.1. The van der Waals surface area contributed by atoms with E-state index in [1.165, 1.54) is 30.1 Å². The zero-order valence-corrected chi connectivity index (χ0v) is 11.9. The molecule has 0 radical (unpaired) electrons. The van der Waals surface area contributed by atoms with Crippen LogP contribution in [-0.4, -0.2) is 35.6 Å². The number of aryl methyl sites for hydroxylation is 1. The zero-order chi connectivity index (χ0) is 12.3. The molecule has 1 N–H and O–H groups in total. The van der Waals surface area contributed by atoms with Gasteiger partial charge in [-0.15, -0.1) is 11.3 Å². The molecule has 1 saturated heterocycles. The second-order valence-electron chi connectivity index (χ2n) is 5.24. The Kier molecular flexibility index (Phi) is 4.54. The van der Waals surface area contributed by atoms with E-state index in [1.54, 1.807) is 11.3 Å². The first-order chi connectivity index (χ1) is 8.16. The highest BCUT2D eigenvalue weighted by atomic mass is 32.1. The topological polar surface area (TPSA) is 28.2 Å². The van der Waals surface area contributed by atoms with E-state index in [4.69, 9.17) is 0 Å². The molecule has 4 heteroatoms. The fraction of sp³-hybridized carbons (Fsp3) is 0.769. The summed E-state index contributed by atoms with van der Waals surface area (Å²) in [5, 5.41) is 3.57. The highest BCUT2D eigenvalue weighted by Crippen LogP contribution is 2.18. The Labute approximate surface area is 108 Å². The third kappa shape index (κ3) is 3.50. The molecule has 1 aromatic heterocycles. The van der Waals surface area contributed by atoms with E-state index in [-0.39, 0.29) is 0 Å². The smallest absolute Gasteiger partial charge is 0.0798 e. The molecule has 1 atom stereocenters. The summed E-state index contributed by atoms with van der Waals surface area (Å²) in [6.45, 7) is 11.3. The van der Waals surface area contributed by atoms with Crippen LogP contribution in [-0.2, 0) is 6.54 Å². The summed E-state index contributed by atoms with van der Waals surface area (Å²) in [7, 11) is 0. The number of likely N-dealkylation sites (tertiary alicyclic amines) is 1. The van der Waals surface area contributed by atoms with Crippen LogP contribution in [0.5, 0.6) is 0 Å².